The van der Waals surface area contributed by atoms with Crippen LogP contribution in [0.3, 0.4) is 0 Å². The van der Waals surface area contributed by atoms with Crippen molar-refractivity contribution in [2.45, 2.75) is 45.6 Å². The number of hydrogen-bond acceptors (Lipinski definition) is 3. The molecule has 0 aliphatic rings. The lowest BCUT2D eigenvalue weighted by Crippen LogP contribution is -2.39. The molecule has 15 heavy (non-hydrogen) atoms. The maximum Gasteiger partial charge on any atom is 0.224 e. The number of hydrogen-bond donors (Lipinski definition) is 3. The molecular formula is C11H24N2O2. The predicted octanol–water partition coefficient (Wildman–Crippen LogP) is 0.639. The van der Waals surface area contributed by atoms with Gasteiger partial charge in [-0.2, -0.15) is 0 Å². The first kappa shape index (κ1) is 14.4. The van der Waals surface area contributed by atoms with E-state index < -0.39 is 6.10 Å². The van der Waals surface area contributed by atoms with Crippen molar-refractivity contribution in [2.24, 2.45) is 11.7 Å². The van der Waals surface area contributed by atoms with E-state index in [0.717, 1.165) is 25.7 Å². The number of nitrogens with two attached hydrogens (primary N) is 1. The molecule has 1 amide bonds. The van der Waals surface area contributed by atoms with Gasteiger partial charge in [0, 0.05) is 13.1 Å². The van der Waals surface area contributed by atoms with Crippen LogP contribution in [0.25, 0.3) is 0 Å². The van der Waals surface area contributed by atoms with Crippen LogP contribution in [0.15, 0.2) is 0 Å². The van der Waals surface area contributed by atoms with Gasteiger partial charge in [0.25, 0.3) is 0 Å². The summed E-state index contributed by atoms with van der Waals surface area (Å²) in [6.45, 7) is 4.75. The van der Waals surface area contributed by atoms with E-state index in [2.05, 4.69) is 5.32 Å². The average Bonchev–Trinajstić information content (AvgIpc) is 2.23. The van der Waals surface area contributed by atoms with Crippen LogP contribution in [0.2, 0.25) is 0 Å². The fourth-order valence-corrected chi connectivity index (χ4v) is 1.50. The minimum absolute atomic E-state index is 0.0329. The van der Waals surface area contributed by atoms with Gasteiger partial charge < -0.3 is 16.2 Å². The summed E-state index contributed by atoms with van der Waals surface area (Å²) < 4.78 is 0. The summed E-state index contributed by atoms with van der Waals surface area (Å²) in [6.07, 6.45) is 2.98. The number of aliphatic hydroxyl groups is 1. The fourth-order valence-electron chi connectivity index (χ4n) is 1.50. The highest BCUT2D eigenvalue weighted by Crippen LogP contribution is 2.04. The van der Waals surface area contributed by atoms with E-state index in [1.807, 2.05) is 13.8 Å². The molecule has 2 unspecified atom stereocenters. The third-order valence-corrected chi connectivity index (χ3v) is 2.43. The summed E-state index contributed by atoms with van der Waals surface area (Å²) in [5.74, 6) is -0.140. The Kier molecular flexibility index (Phi) is 8.33. The Morgan fingerprint density at radius 3 is 2.40 bits per heavy atom. The van der Waals surface area contributed by atoms with Gasteiger partial charge in [-0.05, 0) is 12.8 Å². The summed E-state index contributed by atoms with van der Waals surface area (Å²) in [7, 11) is 0. The second-order valence-electron chi connectivity index (χ2n) is 3.91. The summed E-state index contributed by atoms with van der Waals surface area (Å²) in [5, 5.41) is 12.2. The van der Waals surface area contributed by atoms with Gasteiger partial charge in [0.05, 0.1) is 12.0 Å². The first-order valence-electron chi connectivity index (χ1n) is 5.81. The van der Waals surface area contributed by atoms with Gasteiger partial charge in [-0.15, -0.1) is 0 Å². The van der Waals surface area contributed by atoms with Crippen molar-refractivity contribution in [3.63, 3.8) is 0 Å². The second kappa shape index (κ2) is 8.68. The van der Waals surface area contributed by atoms with Crippen molar-refractivity contribution in [1.82, 2.24) is 5.32 Å². The Morgan fingerprint density at radius 1 is 1.33 bits per heavy atom. The molecule has 90 valence electrons. The zero-order valence-corrected chi connectivity index (χ0v) is 9.83. The molecular weight excluding hydrogens is 192 g/mol. The van der Waals surface area contributed by atoms with E-state index in [0.29, 0.717) is 13.1 Å². The maximum atomic E-state index is 11.6. The van der Waals surface area contributed by atoms with Gasteiger partial charge in [-0.25, -0.2) is 0 Å². The van der Waals surface area contributed by atoms with Crippen LogP contribution in [-0.4, -0.2) is 30.2 Å². The summed E-state index contributed by atoms with van der Waals surface area (Å²) in [4.78, 5) is 11.6. The monoisotopic (exact) mass is 216 g/mol. The summed E-state index contributed by atoms with van der Waals surface area (Å²) in [5.41, 5.74) is 5.50. The lowest BCUT2D eigenvalue weighted by Gasteiger charge is -2.16. The van der Waals surface area contributed by atoms with Gasteiger partial charge in [0.1, 0.15) is 0 Å². The van der Waals surface area contributed by atoms with E-state index in [1.54, 1.807) is 0 Å². The zero-order chi connectivity index (χ0) is 11.7. The van der Waals surface area contributed by atoms with Crippen LogP contribution >= 0.6 is 0 Å². The molecule has 0 saturated carbocycles. The highest BCUT2D eigenvalue weighted by Gasteiger charge is 2.15. The lowest BCUT2D eigenvalue weighted by atomic mass is 10.0. The number of carbonyl (C=O) groups is 1. The number of carbonyl (C=O) groups excluding carboxylic acids is 1. The smallest absolute Gasteiger partial charge is 0.224 e. The highest BCUT2D eigenvalue weighted by atomic mass is 16.3. The molecule has 0 spiro atoms. The van der Waals surface area contributed by atoms with Crippen molar-refractivity contribution in [2.75, 3.05) is 13.1 Å². The van der Waals surface area contributed by atoms with Crippen molar-refractivity contribution in [3.8, 4) is 0 Å². The van der Waals surface area contributed by atoms with Crippen LogP contribution in [-0.2, 0) is 4.79 Å². The van der Waals surface area contributed by atoms with Crippen LogP contribution < -0.4 is 11.1 Å². The largest absolute Gasteiger partial charge is 0.391 e. The molecule has 0 aliphatic carbocycles. The second-order valence-corrected chi connectivity index (χ2v) is 3.91. The molecule has 4 heteroatoms. The van der Waals surface area contributed by atoms with Crippen LogP contribution in [0.4, 0.5) is 0 Å². The Morgan fingerprint density at radius 2 is 1.93 bits per heavy atom. The minimum atomic E-state index is -0.431. The SMILES string of the molecule is CCCC(O)CNC(=O)C(CN)CCC. The predicted molar refractivity (Wildman–Crippen MR) is 61.4 cm³/mol. The number of rotatable bonds is 8. The van der Waals surface area contributed by atoms with Crippen molar-refractivity contribution in [3.05, 3.63) is 0 Å². The molecule has 0 aliphatic heterocycles. The van der Waals surface area contributed by atoms with E-state index in [9.17, 15) is 9.90 Å². The van der Waals surface area contributed by atoms with Gasteiger partial charge in [-0.3, -0.25) is 4.79 Å². The molecule has 4 N–H and O–H groups in total. The molecule has 4 nitrogen and oxygen atoms in total. The number of nitrogens with one attached hydrogen (secondary N) is 1. The first-order chi connectivity index (χ1) is 7.15. The van der Waals surface area contributed by atoms with Crippen LogP contribution in [0.1, 0.15) is 39.5 Å². The molecule has 2 atom stereocenters. The highest BCUT2D eigenvalue weighted by molar-refractivity contribution is 5.78. The number of amides is 1. The van der Waals surface area contributed by atoms with Gasteiger partial charge in [-0.1, -0.05) is 26.7 Å². The van der Waals surface area contributed by atoms with E-state index >= 15 is 0 Å². The molecule has 0 fully saturated rings. The van der Waals surface area contributed by atoms with Crippen molar-refractivity contribution >= 4 is 5.91 Å². The molecule has 0 radical (unpaired) electrons. The molecule has 0 aromatic carbocycles. The van der Waals surface area contributed by atoms with Gasteiger partial charge >= 0.3 is 0 Å². The topological polar surface area (TPSA) is 75.3 Å². The third kappa shape index (κ3) is 6.47. The standard InChI is InChI=1S/C11H24N2O2/c1-3-5-9(7-12)11(15)13-8-10(14)6-4-2/h9-10,14H,3-8,12H2,1-2H3,(H,13,15). The van der Waals surface area contributed by atoms with E-state index in [4.69, 9.17) is 5.73 Å². The Labute approximate surface area is 92.2 Å². The Balaban J connectivity index is 3.79. The first-order valence-corrected chi connectivity index (χ1v) is 5.81. The Hall–Kier alpha value is -0.610. The van der Waals surface area contributed by atoms with Crippen molar-refractivity contribution < 1.29 is 9.90 Å². The van der Waals surface area contributed by atoms with Crippen molar-refractivity contribution in [1.29, 1.82) is 0 Å². The lowest BCUT2D eigenvalue weighted by molar-refractivity contribution is -0.125. The van der Waals surface area contributed by atoms with E-state index in [1.165, 1.54) is 0 Å². The van der Waals surface area contributed by atoms with Crippen LogP contribution in [0.5, 0.6) is 0 Å². The van der Waals surface area contributed by atoms with Gasteiger partial charge in [0.2, 0.25) is 5.91 Å². The third-order valence-electron chi connectivity index (χ3n) is 2.43. The minimum Gasteiger partial charge on any atom is -0.391 e. The molecule has 0 aromatic heterocycles. The molecule has 0 heterocycles. The molecule has 0 aromatic rings. The fraction of sp³-hybridized carbons (Fsp3) is 0.909. The molecule has 0 bridgehead atoms. The van der Waals surface area contributed by atoms with Crippen LogP contribution in [0, 0.1) is 5.92 Å². The molecule has 0 rings (SSSR count). The summed E-state index contributed by atoms with van der Waals surface area (Å²) in [6, 6.07) is 0. The quantitative estimate of drug-likeness (QED) is 0.557. The van der Waals surface area contributed by atoms with Gasteiger partial charge in [0.15, 0.2) is 0 Å². The number of aliphatic hydroxyl groups excluding tert-OH is 1. The Bertz CT molecular complexity index is 174. The zero-order valence-electron chi connectivity index (χ0n) is 9.83. The molecule has 0 saturated heterocycles. The normalized spacial score (nSPS) is 14.7. The maximum absolute atomic E-state index is 11.6. The van der Waals surface area contributed by atoms with E-state index in [-0.39, 0.29) is 11.8 Å². The average molecular weight is 216 g/mol. The summed E-state index contributed by atoms with van der Waals surface area (Å²) >= 11 is 0.